The predicted octanol–water partition coefficient (Wildman–Crippen LogP) is 0.666. The van der Waals surface area contributed by atoms with Gasteiger partial charge >= 0.3 is 11.5 Å². The van der Waals surface area contributed by atoms with Crippen LogP contribution in [0.1, 0.15) is 10.4 Å². The van der Waals surface area contributed by atoms with Crippen molar-refractivity contribution in [2.75, 3.05) is 0 Å². The molecule has 0 atom stereocenters. The van der Waals surface area contributed by atoms with Crippen LogP contribution in [0.25, 0.3) is 11.4 Å². The lowest BCUT2D eigenvalue weighted by atomic mass is 10.2. The van der Waals surface area contributed by atoms with Gasteiger partial charge in [-0.05, 0) is 12.1 Å². The predicted molar refractivity (Wildman–Crippen MR) is 54.5 cm³/mol. The van der Waals surface area contributed by atoms with Crippen LogP contribution in [0.15, 0.2) is 44.0 Å². The van der Waals surface area contributed by atoms with Crippen LogP contribution in [0.2, 0.25) is 0 Å². The van der Waals surface area contributed by atoms with Crippen molar-refractivity contribution in [2.24, 2.45) is 0 Å². The fraction of sp³-hybridized carbons (Fsp3) is 0. The molecule has 17 heavy (non-hydrogen) atoms. The van der Waals surface area contributed by atoms with Gasteiger partial charge in [0.2, 0.25) is 0 Å². The van der Waals surface area contributed by atoms with Crippen molar-refractivity contribution in [3.8, 4) is 0 Å². The van der Waals surface area contributed by atoms with Crippen LogP contribution in [0, 0.1) is 0 Å². The molecule has 0 spiro atoms. The Morgan fingerprint density at radius 2 is 1.94 bits per heavy atom. The Bertz CT molecular complexity index is 738. The molecule has 3 rings (SSSR count). The van der Waals surface area contributed by atoms with Crippen LogP contribution in [0.3, 0.4) is 0 Å². The zero-order valence-corrected chi connectivity index (χ0v) is 8.36. The van der Waals surface area contributed by atoms with Gasteiger partial charge in [-0.2, -0.15) is 0 Å². The summed E-state index contributed by atoms with van der Waals surface area (Å²) in [5.41, 5.74) is 0.214. The lowest BCUT2D eigenvalue weighted by molar-refractivity contribution is 0.0944. The van der Waals surface area contributed by atoms with Crippen LogP contribution in [0.5, 0.6) is 0 Å². The molecule has 0 aliphatic heterocycles. The van der Waals surface area contributed by atoms with Crippen LogP contribution in [0.4, 0.5) is 0 Å². The van der Waals surface area contributed by atoms with Crippen LogP contribution in [-0.4, -0.2) is 20.9 Å². The summed E-state index contributed by atoms with van der Waals surface area (Å²) in [5.74, 6) is -1.36. The molecule has 0 aliphatic rings. The van der Waals surface area contributed by atoms with Crippen molar-refractivity contribution in [3.63, 3.8) is 0 Å². The smallest absolute Gasteiger partial charge is 0.369 e. The van der Waals surface area contributed by atoms with E-state index in [2.05, 4.69) is 19.1 Å². The molecule has 1 aromatic carbocycles. The average Bonchev–Trinajstić information content (AvgIpc) is 2.88. The van der Waals surface area contributed by atoms with E-state index in [0.717, 1.165) is 4.68 Å². The van der Waals surface area contributed by atoms with Gasteiger partial charge in [0.05, 0.1) is 0 Å². The number of benzene rings is 1. The average molecular weight is 231 g/mol. The highest BCUT2D eigenvalue weighted by Crippen LogP contribution is 2.10. The maximum absolute atomic E-state index is 12.0. The first kappa shape index (κ1) is 9.52. The summed E-state index contributed by atoms with van der Waals surface area (Å²) in [5, 5.41) is 7.08. The summed E-state index contributed by atoms with van der Waals surface area (Å²) in [4.78, 5) is 22.8. The van der Waals surface area contributed by atoms with E-state index in [9.17, 15) is 9.59 Å². The number of aromatic nitrogens is 3. The summed E-state index contributed by atoms with van der Waals surface area (Å²) in [6.07, 6.45) is 0. The summed E-state index contributed by atoms with van der Waals surface area (Å²) in [7, 11) is 0. The molecule has 7 heteroatoms. The molecule has 0 amide bonds. The normalized spacial score (nSPS) is 10.8. The van der Waals surface area contributed by atoms with Gasteiger partial charge in [0, 0.05) is 5.56 Å². The minimum atomic E-state index is -0.917. The molecule has 3 aromatic rings. The fourth-order valence-electron chi connectivity index (χ4n) is 1.42. The number of fused-ring (bicyclic) bond motifs is 1. The Hall–Kier alpha value is -2.70. The van der Waals surface area contributed by atoms with Crippen LogP contribution in [-0.2, 0) is 0 Å². The second-order valence-electron chi connectivity index (χ2n) is 3.24. The van der Waals surface area contributed by atoms with Crippen molar-refractivity contribution in [1.82, 2.24) is 15.0 Å². The third-order valence-corrected chi connectivity index (χ3v) is 2.17. The van der Waals surface area contributed by atoms with Gasteiger partial charge in [-0.1, -0.05) is 28.5 Å². The van der Waals surface area contributed by atoms with E-state index in [-0.39, 0.29) is 11.4 Å². The van der Waals surface area contributed by atoms with Gasteiger partial charge < -0.3 is 8.83 Å². The molecule has 84 valence electrons. The Morgan fingerprint density at radius 3 is 2.71 bits per heavy atom. The molecule has 0 N–H and O–H groups in total. The number of carbonyl (C=O) groups excluding carboxylic acids is 1. The molecule has 2 heterocycles. The van der Waals surface area contributed by atoms with Crippen LogP contribution < -0.4 is 5.82 Å². The van der Waals surface area contributed by atoms with E-state index in [1.54, 1.807) is 30.3 Å². The maximum atomic E-state index is 12.0. The van der Waals surface area contributed by atoms with Crippen molar-refractivity contribution in [1.29, 1.82) is 0 Å². The minimum absolute atomic E-state index is 0.0937. The molecule has 7 nitrogen and oxygen atoms in total. The highest BCUT2D eigenvalue weighted by Gasteiger charge is 2.19. The SMILES string of the molecule is O=C(c1ccccc1)n1nnc2oc(=O)oc21. The number of nitrogens with zero attached hydrogens (tertiary/aromatic N) is 3. The molecule has 0 radical (unpaired) electrons. The molecule has 2 aromatic heterocycles. The summed E-state index contributed by atoms with van der Waals surface area (Å²) >= 11 is 0. The van der Waals surface area contributed by atoms with E-state index in [0.29, 0.717) is 5.56 Å². The Labute approximate surface area is 93.3 Å². The quantitative estimate of drug-likeness (QED) is 0.611. The maximum Gasteiger partial charge on any atom is 0.522 e. The number of hydrogen-bond acceptors (Lipinski definition) is 6. The third-order valence-electron chi connectivity index (χ3n) is 2.17. The first-order chi connectivity index (χ1) is 8.25. The van der Waals surface area contributed by atoms with E-state index in [1.807, 2.05) is 0 Å². The highest BCUT2D eigenvalue weighted by atomic mass is 16.6. The molecular formula is C10H5N3O4. The minimum Gasteiger partial charge on any atom is -0.369 e. The summed E-state index contributed by atoms with van der Waals surface area (Å²) in [6, 6.07) is 8.45. The lowest BCUT2D eigenvalue weighted by Gasteiger charge is -1.97. The summed E-state index contributed by atoms with van der Waals surface area (Å²) < 4.78 is 10.1. The van der Waals surface area contributed by atoms with Crippen molar-refractivity contribution in [3.05, 3.63) is 46.5 Å². The van der Waals surface area contributed by atoms with Gasteiger partial charge in [0.15, 0.2) is 0 Å². The zero-order chi connectivity index (χ0) is 11.8. The Morgan fingerprint density at radius 1 is 1.18 bits per heavy atom. The second-order valence-corrected chi connectivity index (χ2v) is 3.24. The molecule has 0 fully saturated rings. The number of hydrogen-bond donors (Lipinski definition) is 0. The topological polar surface area (TPSA) is 91.1 Å². The lowest BCUT2D eigenvalue weighted by Crippen LogP contribution is -2.13. The Balaban J connectivity index is 2.16. The van der Waals surface area contributed by atoms with Crippen LogP contribution >= 0.6 is 0 Å². The second kappa shape index (κ2) is 3.41. The Kier molecular flexibility index (Phi) is 1.91. The molecule has 0 aliphatic carbocycles. The standard InChI is InChI=1S/C10H5N3O4/c14-8(6-4-2-1-3-5-6)13-9-7(11-12-13)16-10(15)17-9/h1-5H. The zero-order valence-electron chi connectivity index (χ0n) is 8.36. The van der Waals surface area contributed by atoms with E-state index < -0.39 is 11.7 Å². The van der Waals surface area contributed by atoms with Crippen molar-refractivity contribution in [2.45, 2.75) is 0 Å². The van der Waals surface area contributed by atoms with Gasteiger partial charge in [-0.3, -0.25) is 4.79 Å². The summed E-state index contributed by atoms with van der Waals surface area (Å²) in [6.45, 7) is 0. The van der Waals surface area contributed by atoms with Crippen molar-refractivity contribution < 1.29 is 13.6 Å². The van der Waals surface area contributed by atoms with Gasteiger partial charge in [-0.25, -0.2) is 4.79 Å². The van der Waals surface area contributed by atoms with Crippen molar-refractivity contribution >= 4 is 17.3 Å². The molecule has 0 bridgehead atoms. The van der Waals surface area contributed by atoms with E-state index in [1.165, 1.54) is 0 Å². The first-order valence-electron chi connectivity index (χ1n) is 4.71. The first-order valence-corrected chi connectivity index (χ1v) is 4.71. The number of carbonyl (C=O) groups is 1. The highest BCUT2D eigenvalue weighted by molar-refractivity contribution is 5.98. The molecular weight excluding hydrogens is 226 g/mol. The monoisotopic (exact) mass is 231 g/mol. The molecule has 0 saturated heterocycles. The fourth-order valence-corrected chi connectivity index (χ4v) is 1.42. The number of rotatable bonds is 1. The van der Waals surface area contributed by atoms with Gasteiger partial charge in [-0.15, -0.1) is 4.68 Å². The molecule has 0 saturated carbocycles. The largest absolute Gasteiger partial charge is 0.522 e. The van der Waals surface area contributed by atoms with E-state index >= 15 is 0 Å². The van der Waals surface area contributed by atoms with E-state index in [4.69, 9.17) is 0 Å². The van der Waals surface area contributed by atoms with Gasteiger partial charge in [0.25, 0.3) is 11.6 Å². The van der Waals surface area contributed by atoms with Gasteiger partial charge in [0.1, 0.15) is 0 Å². The molecule has 0 unspecified atom stereocenters. The third kappa shape index (κ3) is 1.44.